The van der Waals surface area contributed by atoms with Gasteiger partial charge in [-0.2, -0.15) is 11.3 Å². The molecule has 0 aliphatic carbocycles. The van der Waals surface area contributed by atoms with Gasteiger partial charge >= 0.3 is 6.03 Å². The highest BCUT2D eigenvalue weighted by Gasteiger charge is 2.28. The Labute approximate surface area is 161 Å². The number of carbonyl (C=O) groups excluding carboxylic acids is 2. The van der Waals surface area contributed by atoms with Crippen molar-refractivity contribution in [2.45, 2.75) is 32.7 Å². The van der Waals surface area contributed by atoms with E-state index >= 15 is 0 Å². The molecule has 1 unspecified atom stereocenters. The van der Waals surface area contributed by atoms with Gasteiger partial charge in [0.15, 0.2) is 0 Å². The maximum atomic E-state index is 12.6. The second-order valence-electron chi connectivity index (χ2n) is 6.98. The second-order valence-corrected chi connectivity index (χ2v) is 7.76. The van der Waals surface area contributed by atoms with Crippen LogP contribution in [0.5, 0.6) is 0 Å². The number of likely N-dealkylation sites (N-methyl/N-ethyl adjacent to an activating group) is 1. The predicted octanol–water partition coefficient (Wildman–Crippen LogP) is 2.64. The number of amides is 3. The molecule has 2 heterocycles. The lowest BCUT2D eigenvalue weighted by Gasteiger charge is -2.34. The molecule has 7 heteroatoms. The summed E-state index contributed by atoms with van der Waals surface area (Å²) < 4.78 is 0. The Bertz CT molecular complexity index is 564. The maximum absolute atomic E-state index is 12.6. The van der Waals surface area contributed by atoms with E-state index in [-0.39, 0.29) is 23.9 Å². The molecule has 1 fully saturated rings. The molecular weight excluding hydrogens is 348 g/mol. The summed E-state index contributed by atoms with van der Waals surface area (Å²) in [5.74, 6) is 0.121. The van der Waals surface area contributed by atoms with Gasteiger partial charge in [0.05, 0.1) is 6.04 Å². The van der Waals surface area contributed by atoms with E-state index in [0.717, 1.165) is 25.9 Å². The van der Waals surface area contributed by atoms with E-state index in [1.807, 2.05) is 4.90 Å². The van der Waals surface area contributed by atoms with Crippen molar-refractivity contribution in [1.29, 1.82) is 0 Å². The lowest BCUT2D eigenvalue weighted by molar-refractivity contribution is -0.126. The highest BCUT2D eigenvalue weighted by Crippen LogP contribution is 2.23. The first-order chi connectivity index (χ1) is 12.5. The number of hydrogen-bond acceptors (Lipinski definition) is 4. The summed E-state index contributed by atoms with van der Waals surface area (Å²) in [6, 6.07) is 2.39. The molecule has 0 bridgehead atoms. The van der Waals surface area contributed by atoms with Crippen LogP contribution in [0.4, 0.5) is 4.79 Å². The smallest absolute Gasteiger partial charge is 0.319 e. The summed E-state index contributed by atoms with van der Waals surface area (Å²) >= 11 is 1.69. The van der Waals surface area contributed by atoms with Crippen molar-refractivity contribution in [2.75, 3.05) is 46.8 Å². The van der Waals surface area contributed by atoms with Crippen molar-refractivity contribution < 1.29 is 9.59 Å². The van der Waals surface area contributed by atoms with Crippen LogP contribution in [0, 0.1) is 5.92 Å². The number of urea groups is 1. The lowest BCUT2D eigenvalue weighted by Crippen LogP contribution is -2.47. The molecule has 2 rings (SSSR count). The van der Waals surface area contributed by atoms with Gasteiger partial charge in [-0.3, -0.25) is 9.69 Å². The van der Waals surface area contributed by atoms with Gasteiger partial charge in [-0.25, -0.2) is 4.79 Å². The van der Waals surface area contributed by atoms with Gasteiger partial charge in [-0.05, 0) is 48.3 Å². The molecule has 0 spiro atoms. The molecule has 1 N–H and O–H groups in total. The van der Waals surface area contributed by atoms with Crippen molar-refractivity contribution in [2.24, 2.45) is 5.92 Å². The minimum Gasteiger partial charge on any atom is -0.354 e. The zero-order chi connectivity index (χ0) is 19.1. The Morgan fingerprint density at radius 3 is 2.42 bits per heavy atom. The van der Waals surface area contributed by atoms with Crippen LogP contribution in [0.2, 0.25) is 0 Å². The third-order valence-electron chi connectivity index (χ3n) is 5.17. The third-order valence-corrected chi connectivity index (χ3v) is 5.87. The molecule has 1 saturated heterocycles. The first kappa shape index (κ1) is 20.7. The zero-order valence-corrected chi connectivity index (χ0v) is 17.2. The van der Waals surface area contributed by atoms with Crippen molar-refractivity contribution in [3.8, 4) is 0 Å². The van der Waals surface area contributed by atoms with E-state index in [1.165, 1.54) is 5.56 Å². The predicted molar refractivity (Wildman–Crippen MR) is 106 cm³/mol. The lowest BCUT2D eigenvalue weighted by atomic mass is 9.96. The van der Waals surface area contributed by atoms with Gasteiger partial charge in [-0.1, -0.05) is 13.8 Å². The van der Waals surface area contributed by atoms with Crippen molar-refractivity contribution in [3.05, 3.63) is 22.4 Å². The average molecular weight is 381 g/mol. The SMILES string of the molecule is CCN(CC)C(CNC(=O)C1CCN(C(=O)N(C)C)CC1)c1ccsc1. The molecule has 1 aliphatic rings. The minimum atomic E-state index is 0.000963. The van der Waals surface area contributed by atoms with Crippen molar-refractivity contribution >= 4 is 23.3 Å². The number of piperidine rings is 1. The zero-order valence-electron chi connectivity index (χ0n) is 16.4. The van der Waals surface area contributed by atoms with Gasteiger partial charge in [0.1, 0.15) is 0 Å². The van der Waals surface area contributed by atoms with E-state index in [9.17, 15) is 9.59 Å². The highest BCUT2D eigenvalue weighted by atomic mass is 32.1. The van der Waals surface area contributed by atoms with E-state index in [0.29, 0.717) is 19.6 Å². The van der Waals surface area contributed by atoms with Crippen molar-refractivity contribution in [3.63, 3.8) is 0 Å². The number of nitrogens with zero attached hydrogens (tertiary/aromatic N) is 3. The standard InChI is InChI=1S/C19H32N4O2S/c1-5-22(6-2)17(16-9-12-26-14-16)13-20-18(24)15-7-10-23(11-8-15)19(25)21(3)4/h9,12,14-15,17H,5-8,10-11,13H2,1-4H3,(H,20,24). The first-order valence-corrected chi connectivity index (χ1v) is 10.4. The summed E-state index contributed by atoms with van der Waals surface area (Å²) in [5, 5.41) is 7.42. The number of thiophene rings is 1. The van der Waals surface area contributed by atoms with Gasteiger partial charge in [-0.15, -0.1) is 0 Å². The molecule has 6 nitrogen and oxygen atoms in total. The molecule has 1 atom stereocenters. The Balaban J connectivity index is 1.88. The Kier molecular flexibility index (Phi) is 7.90. The molecule has 1 aromatic heterocycles. The van der Waals surface area contributed by atoms with Crippen molar-refractivity contribution in [1.82, 2.24) is 20.0 Å². The highest BCUT2D eigenvalue weighted by molar-refractivity contribution is 7.07. The summed E-state index contributed by atoms with van der Waals surface area (Å²) in [7, 11) is 3.53. The number of carbonyl (C=O) groups is 2. The molecule has 146 valence electrons. The van der Waals surface area contributed by atoms with Crippen LogP contribution in [0.25, 0.3) is 0 Å². The van der Waals surface area contributed by atoms with Gasteiger partial charge in [0.25, 0.3) is 0 Å². The molecule has 3 amide bonds. The third kappa shape index (κ3) is 5.20. The topological polar surface area (TPSA) is 55.9 Å². The largest absolute Gasteiger partial charge is 0.354 e. The Hall–Kier alpha value is -1.60. The molecular formula is C19H32N4O2S. The van der Waals surface area contributed by atoms with E-state index in [4.69, 9.17) is 0 Å². The fourth-order valence-electron chi connectivity index (χ4n) is 3.54. The van der Waals surface area contributed by atoms with Crippen LogP contribution < -0.4 is 5.32 Å². The molecule has 26 heavy (non-hydrogen) atoms. The summed E-state index contributed by atoms with van der Waals surface area (Å²) in [4.78, 5) is 30.4. The quantitative estimate of drug-likeness (QED) is 0.791. The number of hydrogen-bond donors (Lipinski definition) is 1. The van der Waals surface area contributed by atoms with Gasteiger partial charge in [0.2, 0.25) is 5.91 Å². The van der Waals surface area contributed by atoms with Crippen LogP contribution in [0.1, 0.15) is 38.3 Å². The van der Waals surface area contributed by atoms with Crippen LogP contribution in [0.3, 0.4) is 0 Å². The fraction of sp³-hybridized carbons (Fsp3) is 0.684. The molecule has 0 saturated carbocycles. The summed E-state index contributed by atoms with van der Waals surface area (Å²) in [6.45, 7) is 8.16. The molecule has 0 radical (unpaired) electrons. The van der Waals surface area contributed by atoms with Crippen LogP contribution >= 0.6 is 11.3 Å². The minimum absolute atomic E-state index is 0.000963. The Morgan fingerprint density at radius 1 is 1.27 bits per heavy atom. The van der Waals surface area contributed by atoms with E-state index < -0.39 is 0 Å². The summed E-state index contributed by atoms with van der Waals surface area (Å²) in [5.41, 5.74) is 1.27. The molecule has 1 aromatic rings. The van der Waals surface area contributed by atoms with Gasteiger partial charge in [0, 0.05) is 39.6 Å². The van der Waals surface area contributed by atoms with Crippen LogP contribution in [-0.2, 0) is 4.79 Å². The number of rotatable bonds is 7. The van der Waals surface area contributed by atoms with Crippen LogP contribution in [0.15, 0.2) is 16.8 Å². The number of likely N-dealkylation sites (tertiary alicyclic amines) is 1. The normalized spacial score (nSPS) is 16.6. The molecule has 1 aliphatic heterocycles. The fourth-order valence-corrected chi connectivity index (χ4v) is 4.25. The maximum Gasteiger partial charge on any atom is 0.319 e. The van der Waals surface area contributed by atoms with Crippen LogP contribution in [-0.4, -0.2) is 73.5 Å². The number of nitrogens with one attached hydrogen (secondary N) is 1. The van der Waals surface area contributed by atoms with E-state index in [1.54, 1.807) is 30.3 Å². The summed E-state index contributed by atoms with van der Waals surface area (Å²) in [6.07, 6.45) is 1.47. The Morgan fingerprint density at radius 2 is 1.92 bits per heavy atom. The average Bonchev–Trinajstić information content (AvgIpc) is 3.18. The second kappa shape index (κ2) is 9.92. The first-order valence-electron chi connectivity index (χ1n) is 9.47. The molecule has 0 aromatic carbocycles. The van der Waals surface area contributed by atoms with Gasteiger partial charge < -0.3 is 15.1 Å². The monoisotopic (exact) mass is 380 g/mol. The van der Waals surface area contributed by atoms with E-state index in [2.05, 4.69) is 40.9 Å².